The predicted molar refractivity (Wildman–Crippen MR) is 187 cm³/mol. The van der Waals surface area contributed by atoms with Gasteiger partial charge in [0.15, 0.2) is 0 Å². The van der Waals surface area contributed by atoms with Crippen LogP contribution in [-0.2, 0) is 0 Å². The predicted octanol–water partition coefficient (Wildman–Crippen LogP) is 11.8. The smallest absolute Gasteiger partial charge is 0.135 e. The summed E-state index contributed by atoms with van der Waals surface area (Å²) in [6.07, 6.45) is 8.91. The number of para-hydroxylation sites is 2. The number of allylic oxidation sites excluding steroid dienone is 4. The van der Waals surface area contributed by atoms with Crippen molar-refractivity contribution >= 4 is 44.6 Å². The maximum Gasteiger partial charge on any atom is 0.135 e. The standard InChI is InChI=1S/C42H31NO2/c44-39-20-11-19-38(42(39)31-14-5-2-6-15-31)43(33-25-22-30(23-26-33)29-12-3-1-4-13-29)37-18-9-7-16-34(37)32-24-27-41-36(28-32)35-17-8-10-21-40(35)45-41/h2-3,5-28,44H,1,4H2. The Kier molecular flexibility index (Phi) is 6.77. The topological polar surface area (TPSA) is 36.6 Å². The third-order valence-electron chi connectivity index (χ3n) is 8.61. The molecule has 0 saturated heterocycles. The molecule has 1 aromatic heterocycles. The SMILES string of the molecule is Oc1cccc(N(c2ccc(C3=CCCC=C3)cc2)c2ccccc2-c2ccc3oc4ccccc4c3c2)c1-c1ccccc1. The molecule has 0 aliphatic heterocycles. The Morgan fingerprint density at radius 3 is 2.13 bits per heavy atom. The van der Waals surface area contributed by atoms with Crippen LogP contribution in [0.4, 0.5) is 17.1 Å². The quantitative estimate of drug-likeness (QED) is 0.212. The molecule has 6 aromatic carbocycles. The van der Waals surface area contributed by atoms with Gasteiger partial charge in [-0.2, -0.15) is 0 Å². The number of furan rings is 1. The Morgan fingerprint density at radius 1 is 0.556 bits per heavy atom. The Bertz CT molecular complexity index is 2220. The fraction of sp³-hybridized carbons (Fsp3) is 0.0476. The molecule has 45 heavy (non-hydrogen) atoms. The molecule has 0 bridgehead atoms. The van der Waals surface area contributed by atoms with E-state index in [1.54, 1.807) is 6.07 Å². The molecule has 1 aliphatic rings. The second-order valence-corrected chi connectivity index (χ2v) is 11.4. The molecule has 1 aliphatic carbocycles. The van der Waals surface area contributed by atoms with Crippen molar-refractivity contribution in [1.29, 1.82) is 0 Å². The van der Waals surface area contributed by atoms with Gasteiger partial charge in [0, 0.05) is 27.6 Å². The number of hydrogen-bond donors (Lipinski definition) is 1. The summed E-state index contributed by atoms with van der Waals surface area (Å²) in [4.78, 5) is 2.27. The number of fused-ring (bicyclic) bond motifs is 3. The van der Waals surface area contributed by atoms with Gasteiger partial charge < -0.3 is 14.4 Å². The number of nitrogens with zero attached hydrogens (tertiary/aromatic N) is 1. The van der Waals surface area contributed by atoms with E-state index < -0.39 is 0 Å². The van der Waals surface area contributed by atoms with Crippen LogP contribution in [0.3, 0.4) is 0 Å². The molecule has 1 heterocycles. The molecule has 3 heteroatoms. The van der Waals surface area contributed by atoms with Crippen molar-refractivity contribution in [3.05, 3.63) is 163 Å². The van der Waals surface area contributed by atoms with Crippen LogP contribution in [-0.4, -0.2) is 5.11 Å². The van der Waals surface area contributed by atoms with Crippen molar-refractivity contribution in [3.8, 4) is 28.0 Å². The molecule has 0 atom stereocenters. The first-order chi connectivity index (χ1) is 22.2. The van der Waals surface area contributed by atoms with Crippen molar-refractivity contribution in [1.82, 2.24) is 0 Å². The molecule has 3 nitrogen and oxygen atoms in total. The highest BCUT2D eigenvalue weighted by Gasteiger charge is 2.23. The number of hydrogen-bond acceptors (Lipinski definition) is 3. The van der Waals surface area contributed by atoms with Crippen molar-refractivity contribution in [2.45, 2.75) is 12.8 Å². The molecule has 0 amide bonds. The maximum atomic E-state index is 11.3. The van der Waals surface area contributed by atoms with Crippen LogP contribution < -0.4 is 4.90 Å². The highest BCUT2D eigenvalue weighted by atomic mass is 16.3. The summed E-state index contributed by atoms with van der Waals surface area (Å²) in [6.45, 7) is 0. The van der Waals surface area contributed by atoms with E-state index in [9.17, 15) is 5.11 Å². The molecular formula is C42H31NO2. The van der Waals surface area contributed by atoms with Gasteiger partial charge >= 0.3 is 0 Å². The lowest BCUT2D eigenvalue weighted by molar-refractivity contribution is 0.477. The fourth-order valence-electron chi connectivity index (χ4n) is 6.46. The molecular weight excluding hydrogens is 550 g/mol. The Labute approximate surface area is 262 Å². The lowest BCUT2D eigenvalue weighted by Gasteiger charge is -2.30. The Morgan fingerprint density at radius 2 is 1.29 bits per heavy atom. The zero-order chi connectivity index (χ0) is 30.2. The van der Waals surface area contributed by atoms with Crippen LogP contribution in [0.5, 0.6) is 5.75 Å². The molecule has 0 saturated carbocycles. The Hall–Kier alpha value is -5.80. The second kappa shape index (κ2) is 11.4. The van der Waals surface area contributed by atoms with Gasteiger partial charge in [-0.25, -0.2) is 0 Å². The van der Waals surface area contributed by atoms with E-state index >= 15 is 0 Å². The van der Waals surface area contributed by atoms with E-state index in [2.05, 4.69) is 108 Å². The Balaban J connectivity index is 1.34. The summed E-state index contributed by atoms with van der Waals surface area (Å²) >= 11 is 0. The van der Waals surface area contributed by atoms with Crippen LogP contribution in [0.15, 0.2) is 162 Å². The third kappa shape index (κ3) is 4.89. The monoisotopic (exact) mass is 581 g/mol. The van der Waals surface area contributed by atoms with Gasteiger partial charge in [0.05, 0.1) is 11.4 Å². The first kappa shape index (κ1) is 26.8. The van der Waals surface area contributed by atoms with E-state index in [0.29, 0.717) is 0 Å². The van der Waals surface area contributed by atoms with Crippen LogP contribution in [0.25, 0.3) is 49.8 Å². The second-order valence-electron chi connectivity index (χ2n) is 11.4. The number of aromatic hydroxyl groups is 1. The summed E-state index contributed by atoms with van der Waals surface area (Å²) in [5.41, 5.74) is 11.0. The number of phenolic OH excluding ortho intramolecular Hbond substituents is 1. The summed E-state index contributed by atoms with van der Waals surface area (Å²) in [5.74, 6) is 0.238. The number of rotatable bonds is 6. The summed E-state index contributed by atoms with van der Waals surface area (Å²) < 4.78 is 6.15. The first-order valence-electron chi connectivity index (χ1n) is 15.4. The third-order valence-corrected chi connectivity index (χ3v) is 8.61. The van der Waals surface area contributed by atoms with E-state index in [0.717, 1.165) is 74.1 Å². The van der Waals surface area contributed by atoms with Gasteiger partial charge in [0.1, 0.15) is 16.9 Å². The lowest BCUT2D eigenvalue weighted by Crippen LogP contribution is -2.12. The van der Waals surface area contributed by atoms with Gasteiger partial charge in [0.25, 0.3) is 0 Å². The van der Waals surface area contributed by atoms with E-state index in [1.165, 1.54) is 11.1 Å². The number of phenols is 1. The molecule has 0 spiro atoms. The average molecular weight is 582 g/mol. The molecule has 0 unspecified atom stereocenters. The highest BCUT2D eigenvalue weighted by Crippen LogP contribution is 2.47. The van der Waals surface area contributed by atoms with Crippen molar-refractivity contribution in [2.24, 2.45) is 0 Å². The van der Waals surface area contributed by atoms with E-state index in [4.69, 9.17) is 4.42 Å². The summed E-state index contributed by atoms with van der Waals surface area (Å²) in [6, 6.07) is 47.7. The zero-order valence-corrected chi connectivity index (χ0v) is 24.7. The van der Waals surface area contributed by atoms with Crippen molar-refractivity contribution in [3.63, 3.8) is 0 Å². The molecule has 8 rings (SSSR count). The van der Waals surface area contributed by atoms with Gasteiger partial charge in [0.2, 0.25) is 0 Å². The molecule has 1 N–H and O–H groups in total. The number of benzene rings is 6. The minimum Gasteiger partial charge on any atom is -0.507 e. The highest BCUT2D eigenvalue weighted by molar-refractivity contribution is 6.07. The molecule has 0 radical (unpaired) electrons. The maximum absolute atomic E-state index is 11.3. The molecule has 0 fully saturated rings. The summed E-state index contributed by atoms with van der Waals surface area (Å²) in [5, 5.41) is 13.5. The van der Waals surface area contributed by atoms with Crippen LogP contribution in [0, 0.1) is 0 Å². The van der Waals surface area contributed by atoms with Gasteiger partial charge in [-0.05, 0) is 83.6 Å². The van der Waals surface area contributed by atoms with Crippen LogP contribution >= 0.6 is 0 Å². The van der Waals surface area contributed by atoms with Gasteiger partial charge in [-0.3, -0.25) is 0 Å². The van der Waals surface area contributed by atoms with Crippen molar-refractivity contribution < 1.29 is 9.52 Å². The van der Waals surface area contributed by atoms with Gasteiger partial charge in [-0.1, -0.05) is 109 Å². The van der Waals surface area contributed by atoms with E-state index in [1.807, 2.05) is 48.5 Å². The molecule has 7 aromatic rings. The largest absolute Gasteiger partial charge is 0.507 e. The zero-order valence-electron chi connectivity index (χ0n) is 24.7. The number of anilines is 3. The molecule has 216 valence electrons. The average Bonchev–Trinajstić information content (AvgIpc) is 3.48. The fourth-order valence-corrected chi connectivity index (χ4v) is 6.46. The first-order valence-corrected chi connectivity index (χ1v) is 15.4. The van der Waals surface area contributed by atoms with Crippen LogP contribution in [0.1, 0.15) is 18.4 Å². The minimum atomic E-state index is 0.238. The lowest BCUT2D eigenvalue weighted by atomic mass is 9.96. The summed E-state index contributed by atoms with van der Waals surface area (Å²) in [7, 11) is 0. The van der Waals surface area contributed by atoms with E-state index in [-0.39, 0.29) is 5.75 Å². The minimum absolute atomic E-state index is 0.238. The normalized spacial score (nSPS) is 12.8. The van der Waals surface area contributed by atoms with Crippen molar-refractivity contribution in [2.75, 3.05) is 4.90 Å². The van der Waals surface area contributed by atoms with Crippen LogP contribution in [0.2, 0.25) is 0 Å². The van der Waals surface area contributed by atoms with Gasteiger partial charge in [-0.15, -0.1) is 0 Å².